The number of amides is 1. The number of ether oxygens (including phenoxy) is 1. The summed E-state index contributed by atoms with van der Waals surface area (Å²) in [6.07, 6.45) is 7.42. The minimum atomic E-state index is -0.490. The van der Waals surface area contributed by atoms with Crippen molar-refractivity contribution in [2.45, 2.75) is 58.4 Å². The van der Waals surface area contributed by atoms with Gasteiger partial charge in [0.05, 0.1) is 12.7 Å². The number of rotatable bonds is 10. The third-order valence-electron chi connectivity index (χ3n) is 3.42. The summed E-state index contributed by atoms with van der Waals surface area (Å²) in [4.78, 5) is 11.8. The van der Waals surface area contributed by atoms with Crippen molar-refractivity contribution in [2.24, 2.45) is 0 Å². The standard InChI is InChI=1S/C18H26N2O2/c1-3-4-5-6-7-8-13-22-17-11-9-16(10-12-17)18(21)20-15(2)14-19/h9-12,15H,3-8,13H2,1-2H3,(H,20,21). The van der Waals surface area contributed by atoms with Gasteiger partial charge in [0.2, 0.25) is 0 Å². The van der Waals surface area contributed by atoms with Crippen molar-refractivity contribution in [1.29, 1.82) is 5.26 Å². The van der Waals surface area contributed by atoms with E-state index in [2.05, 4.69) is 12.2 Å². The maximum Gasteiger partial charge on any atom is 0.252 e. The van der Waals surface area contributed by atoms with Crippen molar-refractivity contribution in [2.75, 3.05) is 6.61 Å². The van der Waals surface area contributed by atoms with Crippen LogP contribution >= 0.6 is 0 Å². The van der Waals surface area contributed by atoms with Gasteiger partial charge in [-0.15, -0.1) is 0 Å². The quantitative estimate of drug-likeness (QED) is 0.663. The largest absolute Gasteiger partial charge is 0.494 e. The van der Waals surface area contributed by atoms with Gasteiger partial charge in [0.15, 0.2) is 0 Å². The number of benzene rings is 1. The molecule has 0 aliphatic rings. The molecule has 1 aromatic rings. The molecule has 0 fully saturated rings. The minimum Gasteiger partial charge on any atom is -0.494 e. The second-order valence-electron chi connectivity index (χ2n) is 5.46. The molecule has 0 aromatic heterocycles. The molecule has 22 heavy (non-hydrogen) atoms. The third-order valence-corrected chi connectivity index (χ3v) is 3.42. The first-order valence-corrected chi connectivity index (χ1v) is 8.10. The highest BCUT2D eigenvalue weighted by molar-refractivity contribution is 5.94. The second-order valence-corrected chi connectivity index (χ2v) is 5.46. The van der Waals surface area contributed by atoms with E-state index in [4.69, 9.17) is 10.00 Å². The van der Waals surface area contributed by atoms with E-state index in [-0.39, 0.29) is 5.91 Å². The Labute approximate surface area is 133 Å². The van der Waals surface area contributed by atoms with Crippen LogP contribution in [0.15, 0.2) is 24.3 Å². The van der Waals surface area contributed by atoms with Crippen LogP contribution in [0.4, 0.5) is 0 Å². The molecule has 120 valence electrons. The van der Waals surface area contributed by atoms with Gasteiger partial charge < -0.3 is 10.1 Å². The Bertz CT molecular complexity index is 477. The summed E-state index contributed by atoms with van der Waals surface area (Å²) in [6, 6.07) is 8.51. The lowest BCUT2D eigenvalue weighted by Gasteiger charge is -2.08. The molecule has 1 atom stereocenters. The molecule has 1 aromatic carbocycles. The molecule has 0 saturated carbocycles. The summed E-state index contributed by atoms with van der Waals surface area (Å²) in [5.41, 5.74) is 0.536. The number of carbonyl (C=O) groups is 1. The fourth-order valence-corrected chi connectivity index (χ4v) is 2.09. The van der Waals surface area contributed by atoms with E-state index >= 15 is 0 Å². The molecule has 0 aliphatic carbocycles. The maximum absolute atomic E-state index is 11.8. The predicted octanol–water partition coefficient (Wildman–Crippen LogP) is 4.07. The lowest BCUT2D eigenvalue weighted by atomic mass is 10.1. The van der Waals surface area contributed by atoms with Gasteiger partial charge in [-0.2, -0.15) is 5.26 Å². The molecule has 1 N–H and O–H groups in total. The van der Waals surface area contributed by atoms with Crippen molar-refractivity contribution in [3.05, 3.63) is 29.8 Å². The van der Waals surface area contributed by atoms with Gasteiger partial charge in [0.25, 0.3) is 5.91 Å². The van der Waals surface area contributed by atoms with E-state index in [0.29, 0.717) is 12.2 Å². The molecule has 0 saturated heterocycles. The summed E-state index contributed by atoms with van der Waals surface area (Å²) in [7, 11) is 0. The Kier molecular flexibility index (Phi) is 8.74. The topological polar surface area (TPSA) is 62.1 Å². The van der Waals surface area contributed by atoms with Gasteiger partial charge in [-0.05, 0) is 37.6 Å². The van der Waals surface area contributed by atoms with Crippen LogP contribution in [0, 0.1) is 11.3 Å². The zero-order valence-corrected chi connectivity index (χ0v) is 13.6. The molecule has 1 unspecified atom stereocenters. The molecular weight excluding hydrogens is 276 g/mol. The molecular formula is C18H26N2O2. The van der Waals surface area contributed by atoms with Crippen LogP contribution in [0.2, 0.25) is 0 Å². The molecule has 0 aliphatic heterocycles. The second kappa shape index (κ2) is 10.7. The van der Waals surface area contributed by atoms with Crippen molar-refractivity contribution in [3.8, 4) is 11.8 Å². The van der Waals surface area contributed by atoms with Crippen LogP contribution in [0.1, 0.15) is 62.7 Å². The van der Waals surface area contributed by atoms with Crippen LogP contribution in [0.5, 0.6) is 5.75 Å². The number of hydrogen-bond acceptors (Lipinski definition) is 3. The first-order chi connectivity index (χ1) is 10.7. The number of nitriles is 1. The van der Waals surface area contributed by atoms with Crippen LogP contribution in [-0.2, 0) is 0 Å². The fourth-order valence-electron chi connectivity index (χ4n) is 2.09. The van der Waals surface area contributed by atoms with E-state index in [0.717, 1.165) is 12.2 Å². The molecule has 0 radical (unpaired) electrons. The summed E-state index contributed by atoms with van der Waals surface area (Å²) in [5.74, 6) is 0.537. The monoisotopic (exact) mass is 302 g/mol. The Morgan fingerprint density at radius 1 is 1.18 bits per heavy atom. The third kappa shape index (κ3) is 7.12. The Morgan fingerprint density at radius 2 is 1.82 bits per heavy atom. The Morgan fingerprint density at radius 3 is 2.45 bits per heavy atom. The highest BCUT2D eigenvalue weighted by atomic mass is 16.5. The number of hydrogen-bond donors (Lipinski definition) is 1. The predicted molar refractivity (Wildman–Crippen MR) is 87.9 cm³/mol. The molecule has 1 amide bonds. The van der Waals surface area contributed by atoms with Crippen LogP contribution in [-0.4, -0.2) is 18.6 Å². The Hall–Kier alpha value is -2.02. The average molecular weight is 302 g/mol. The van der Waals surface area contributed by atoms with Crippen molar-refractivity contribution in [1.82, 2.24) is 5.32 Å². The SMILES string of the molecule is CCCCCCCCOc1ccc(C(=O)NC(C)C#N)cc1. The van der Waals surface area contributed by atoms with Crippen molar-refractivity contribution >= 4 is 5.91 Å². The molecule has 0 spiro atoms. The van der Waals surface area contributed by atoms with Crippen LogP contribution in [0.3, 0.4) is 0 Å². The average Bonchev–Trinajstić information content (AvgIpc) is 2.54. The van der Waals surface area contributed by atoms with Gasteiger partial charge in [-0.1, -0.05) is 39.0 Å². The lowest BCUT2D eigenvalue weighted by molar-refractivity contribution is 0.0948. The minimum absolute atomic E-state index is 0.239. The number of nitrogens with one attached hydrogen (secondary N) is 1. The highest BCUT2D eigenvalue weighted by Crippen LogP contribution is 2.13. The zero-order chi connectivity index (χ0) is 16.2. The van der Waals surface area contributed by atoms with Gasteiger partial charge in [-0.25, -0.2) is 0 Å². The number of unbranched alkanes of at least 4 members (excludes halogenated alkanes) is 5. The van der Waals surface area contributed by atoms with Crippen LogP contribution < -0.4 is 10.1 Å². The maximum atomic E-state index is 11.8. The van der Waals surface area contributed by atoms with Crippen molar-refractivity contribution in [3.63, 3.8) is 0 Å². The van der Waals surface area contributed by atoms with Crippen molar-refractivity contribution < 1.29 is 9.53 Å². The highest BCUT2D eigenvalue weighted by Gasteiger charge is 2.08. The number of nitrogens with zero attached hydrogens (tertiary/aromatic N) is 1. The summed E-state index contributed by atoms with van der Waals surface area (Å²) in [5, 5.41) is 11.3. The van der Waals surface area contributed by atoms with Gasteiger partial charge in [-0.3, -0.25) is 4.79 Å². The Balaban J connectivity index is 2.27. The molecule has 1 rings (SSSR count). The summed E-state index contributed by atoms with van der Waals surface area (Å²) in [6.45, 7) is 4.58. The van der Waals surface area contributed by atoms with E-state index in [1.807, 2.05) is 6.07 Å². The number of carbonyl (C=O) groups excluding carboxylic acids is 1. The zero-order valence-electron chi connectivity index (χ0n) is 13.6. The molecule has 0 heterocycles. The smallest absolute Gasteiger partial charge is 0.252 e. The lowest BCUT2D eigenvalue weighted by Crippen LogP contribution is -2.31. The van der Waals surface area contributed by atoms with Gasteiger partial charge in [0.1, 0.15) is 11.8 Å². The molecule has 4 nitrogen and oxygen atoms in total. The molecule has 4 heteroatoms. The molecule has 0 bridgehead atoms. The summed E-state index contributed by atoms with van der Waals surface area (Å²) < 4.78 is 5.67. The first kappa shape index (κ1) is 18.0. The normalized spacial score (nSPS) is 11.5. The van der Waals surface area contributed by atoms with E-state index < -0.39 is 6.04 Å². The fraction of sp³-hybridized carbons (Fsp3) is 0.556. The van der Waals surface area contributed by atoms with E-state index in [1.165, 1.54) is 32.1 Å². The van der Waals surface area contributed by atoms with Gasteiger partial charge in [0, 0.05) is 5.56 Å². The van der Waals surface area contributed by atoms with E-state index in [1.54, 1.807) is 31.2 Å². The first-order valence-electron chi connectivity index (χ1n) is 8.10. The van der Waals surface area contributed by atoms with Gasteiger partial charge >= 0.3 is 0 Å². The van der Waals surface area contributed by atoms with E-state index in [9.17, 15) is 4.79 Å². The summed E-state index contributed by atoms with van der Waals surface area (Å²) >= 11 is 0. The van der Waals surface area contributed by atoms with Crippen LogP contribution in [0.25, 0.3) is 0 Å².